The van der Waals surface area contributed by atoms with Crippen LogP contribution in [0.2, 0.25) is 0 Å². The van der Waals surface area contributed by atoms with Gasteiger partial charge in [-0.1, -0.05) is 36.4 Å². The molecule has 2 amide bonds. The lowest BCUT2D eigenvalue weighted by Gasteiger charge is -2.16. The van der Waals surface area contributed by atoms with Crippen LogP contribution in [0.4, 0.5) is 10.2 Å². The van der Waals surface area contributed by atoms with Crippen LogP contribution < -0.4 is 5.32 Å². The van der Waals surface area contributed by atoms with Crippen molar-refractivity contribution in [3.63, 3.8) is 0 Å². The number of likely N-dealkylation sites (tertiary alicyclic amines) is 1. The molecule has 1 aliphatic rings. The second-order valence-electron chi connectivity index (χ2n) is 6.97. The molecule has 0 bridgehead atoms. The fraction of sp³-hybridized carbons (Fsp3) is 0.182. The molecule has 7 nitrogen and oxygen atoms in total. The highest BCUT2D eigenvalue weighted by atomic mass is 19.1. The Balaban J connectivity index is 1.44. The minimum absolute atomic E-state index is 0.138. The second kappa shape index (κ2) is 8.17. The number of hydrogen-bond acceptors (Lipinski definition) is 4. The molecule has 3 aromatic rings. The van der Waals surface area contributed by atoms with Crippen LogP contribution in [0.15, 0.2) is 60.8 Å². The van der Waals surface area contributed by atoms with Crippen molar-refractivity contribution in [3.8, 4) is 11.8 Å². The number of benzene rings is 2. The van der Waals surface area contributed by atoms with Crippen LogP contribution in [0.5, 0.6) is 0 Å². The Morgan fingerprint density at radius 2 is 2.00 bits per heavy atom. The van der Waals surface area contributed by atoms with Crippen LogP contribution in [0.1, 0.15) is 17.5 Å². The van der Waals surface area contributed by atoms with E-state index in [-0.39, 0.29) is 23.0 Å². The van der Waals surface area contributed by atoms with Gasteiger partial charge in [0.25, 0.3) is 0 Å². The first kappa shape index (κ1) is 19.3. The normalized spacial score (nSPS) is 15.8. The topological polar surface area (TPSA) is 91.0 Å². The van der Waals surface area contributed by atoms with Gasteiger partial charge in [-0.25, -0.2) is 9.07 Å². The fourth-order valence-electron chi connectivity index (χ4n) is 3.50. The molecule has 0 aliphatic carbocycles. The highest BCUT2D eigenvalue weighted by Crippen LogP contribution is 2.23. The van der Waals surface area contributed by atoms with Gasteiger partial charge >= 0.3 is 0 Å². The summed E-state index contributed by atoms with van der Waals surface area (Å²) in [4.78, 5) is 26.9. The van der Waals surface area contributed by atoms with E-state index in [0.29, 0.717) is 19.5 Å². The number of rotatable bonds is 5. The van der Waals surface area contributed by atoms with Gasteiger partial charge in [0.2, 0.25) is 11.8 Å². The maximum Gasteiger partial charge on any atom is 0.238 e. The predicted molar refractivity (Wildman–Crippen MR) is 107 cm³/mol. The Kier molecular flexibility index (Phi) is 5.26. The van der Waals surface area contributed by atoms with Crippen molar-refractivity contribution in [2.24, 2.45) is 5.92 Å². The molecule has 0 spiro atoms. The molecule has 1 N–H and O–H groups in total. The van der Waals surface area contributed by atoms with Crippen molar-refractivity contribution in [2.75, 3.05) is 11.9 Å². The van der Waals surface area contributed by atoms with E-state index in [4.69, 9.17) is 0 Å². The van der Waals surface area contributed by atoms with E-state index in [1.54, 1.807) is 11.0 Å². The lowest BCUT2D eigenvalue weighted by atomic mass is 10.1. The average Bonchev–Trinajstić information content (AvgIpc) is 3.35. The SMILES string of the molecule is N#Cc1c(F)cccc1-n1ccc(NC(=O)C2CCN(Cc3ccccc3)C2=O)n1. The summed E-state index contributed by atoms with van der Waals surface area (Å²) in [5.74, 6) is -1.84. The van der Waals surface area contributed by atoms with Crippen LogP contribution >= 0.6 is 0 Å². The zero-order valence-electron chi connectivity index (χ0n) is 16.0. The molecule has 30 heavy (non-hydrogen) atoms. The standard InChI is InChI=1S/C22H18FN5O2/c23-18-7-4-8-19(17(18)13-24)28-12-10-20(26-28)25-21(29)16-9-11-27(22(16)30)14-15-5-2-1-3-6-15/h1-8,10,12,16H,9,11,14H2,(H,25,26,29). The van der Waals surface area contributed by atoms with E-state index < -0.39 is 17.6 Å². The zero-order valence-corrected chi connectivity index (χ0v) is 16.0. The first-order valence-electron chi connectivity index (χ1n) is 9.45. The van der Waals surface area contributed by atoms with Crippen molar-refractivity contribution in [2.45, 2.75) is 13.0 Å². The number of nitrogens with one attached hydrogen (secondary N) is 1. The summed E-state index contributed by atoms with van der Waals surface area (Å²) in [5.41, 5.74) is 1.14. The van der Waals surface area contributed by atoms with Crippen LogP contribution in [0.25, 0.3) is 5.69 Å². The Labute approximate surface area is 172 Å². The number of hydrogen-bond donors (Lipinski definition) is 1. The number of carbonyl (C=O) groups excluding carboxylic acids is 2. The number of halogens is 1. The van der Waals surface area contributed by atoms with E-state index in [9.17, 15) is 19.2 Å². The maximum absolute atomic E-state index is 13.8. The molecule has 1 aliphatic heterocycles. The molecule has 1 saturated heterocycles. The van der Waals surface area contributed by atoms with E-state index in [0.717, 1.165) is 5.56 Å². The van der Waals surface area contributed by atoms with Gasteiger partial charge in [0.1, 0.15) is 23.4 Å². The Morgan fingerprint density at radius 1 is 1.20 bits per heavy atom. The Morgan fingerprint density at radius 3 is 2.77 bits per heavy atom. The predicted octanol–water partition coefficient (Wildman–Crippen LogP) is 2.87. The summed E-state index contributed by atoms with van der Waals surface area (Å²) in [6.07, 6.45) is 1.95. The molecule has 4 rings (SSSR count). The number of amides is 2. The second-order valence-corrected chi connectivity index (χ2v) is 6.97. The van der Waals surface area contributed by atoms with Crippen LogP contribution in [0, 0.1) is 23.1 Å². The fourth-order valence-corrected chi connectivity index (χ4v) is 3.50. The number of anilines is 1. The van der Waals surface area contributed by atoms with E-state index >= 15 is 0 Å². The van der Waals surface area contributed by atoms with Crippen molar-refractivity contribution in [1.82, 2.24) is 14.7 Å². The number of carbonyl (C=O) groups is 2. The Bertz CT molecular complexity index is 1140. The molecule has 0 saturated carbocycles. The van der Waals surface area contributed by atoms with Crippen molar-refractivity contribution >= 4 is 17.6 Å². The zero-order chi connectivity index (χ0) is 21.1. The molecule has 2 aromatic carbocycles. The highest BCUT2D eigenvalue weighted by molar-refractivity contribution is 6.07. The van der Waals surface area contributed by atoms with Crippen LogP contribution in [0.3, 0.4) is 0 Å². The van der Waals surface area contributed by atoms with Crippen molar-refractivity contribution < 1.29 is 14.0 Å². The number of aromatic nitrogens is 2. The largest absolute Gasteiger partial charge is 0.338 e. The van der Waals surface area contributed by atoms with Crippen molar-refractivity contribution in [3.05, 3.63) is 77.7 Å². The van der Waals surface area contributed by atoms with Gasteiger partial charge in [-0.15, -0.1) is 0 Å². The van der Waals surface area contributed by atoms with Gasteiger partial charge in [0.15, 0.2) is 5.82 Å². The molecule has 1 aromatic heterocycles. The number of nitriles is 1. The first-order valence-corrected chi connectivity index (χ1v) is 9.45. The third-order valence-electron chi connectivity index (χ3n) is 5.02. The molecule has 8 heteroatoms. The van der Waals surface area contributed by atoms with Crippen LogP contribution in [-0.2, 0) is 16.1 Å². The molecular weight excluding hydrogens is 385 g/mol. The third kappa shape index (κ3) is 3.78. The third-order valence-corrected chi connectivity index (χ3v) is 5.02. The van der Waals surface area contributed by atoms with Gasteiger partial charge in [0.05, 0.1) is 5.69 Å². The van der Waals surface area contributed by atoms with E-state index in [2.05, 4.69) is 10.4 Å². The molecule has 1 fully saturated rings. The molecule has 150 valence electrons. The van der Waals surface area contributed by atoms with E-state index in [1.807, 2.05) is 36.4 Å². The van der Waals surface area contributed by atoms with Gasteiger partial charge in [-0.2, -0.15) is 10.4 Å². The average molecular weight is 403 g/mol. The summed E-state index contributed by atoms with van der Waals surface area (Å²) in [6, 6.07) is 17.2. The molecular formula is C22H18FN5O2. The molecule has 2 heterocycles. The molecule has 0 radical (unpaired) electrons. The monoisotopic (exact) mass is 403 g/mol. The molecule has 1 atom stereocenters. The minimum atomic E-state index is -0.775. The molecule has 1 unspecified atom stereocenters. The summed E-state index contributed by atoms with van der Waals surface area (Å²) < 4.78 is 15.1. The quantitative estimate of drug-likeness (QED) is 0.663. The van der Waals surface area contributed by atoms with Crippen molar-refractivity contribution in [1.29, 1.82) is 5.26 Å². The minimum Gasteiger partial charge on any atom is -0.338 e. The van der Waals surface area contributed by atoms with Gasteiger partial charge < -0.3 is 10.2 Å². The summed E-state index contributed by atoms with van der Waals surface area (Å²) in [7, 11) is 0. The lowest BCUT2D eigenvalue weighted by molar-refractivity contribution is -0.136. The first-order chi connectivity index (χ1) is 14.6. The van der Waals surface area contributed by atoms with Gasteiger partial charge in [0, 0.05) is 25.4 Å². The van der Waals surface area contributed by atoms with Gasteiger partial charge in [-0.05, 0) is 24.1 Å². The summed E-state index contributed by atoms with van der Waals surface area (Å²) in [6.45, 7) is 0.976. The van der Waals surface area contributed by atoms with Crippen LogP contribution in [-0.4, -0.2) is 33.0 Å². The summed E-state index contributed by atoms with van der Waals surface area (Å²) >= 11 is 0. The number of nitrogens with zero attached hydrogens (tertiary/aromatic N) is 4. The lowest BCUT2D eigenvalue weighted by Crippen LogP contribution is -2.32. The smallest absolute Gasteiger partial charge is 0.238 e. The highest BCUT2D eigenvalue weighted by Gasteiger charge is 2.37. The van der Waals surface area contributed by atoms with Gasteiger partial charge in [-0.3, -0.25) is 9.59 Å². The van der Waals surface area contributed by atoms with E-state index in [1.165, 1.54) is 29.1 Å². The Hall–Kier alpha value is -3.99. The maximum atomic E-state index is 13.8. The summed E-state index contributed by atoms with van der Waals surface area (Å²) in [5, 5.41) is 16.0.